The Labute approximate surface area is 104 Å². The van der Waals surface area contributed by atoms with Crippen LogP contribution in [0.3, 0.4) is 0 Å². The molecule has 2 N–H and O–H groups in total. The molecule has 0 saturated heterocycles. The Morgan fingerprint density at radius 1 is 1.65 bits per heavy atom. The van der Waals surface area contributed by atoms with Crippen LogP contribution in [0.2, 0.25) is 5.15 Å². The highest BCUT2D eigenvalue weighted by Gasteiger charge is 2.14. The van der Waals surface area contributed by atoms with Gasteiger partial charge in [0.1, 0.15) is 12.2 Å². The molecule has 0 bridgehead atoms. The highest BCUT2D eigenvalue weighted by molar-refractivity contribution is 6.31. The first kappa shape index (κ1) is 13.5. The van der Waals surface area contributed by atoms with E-state index < -0.39 is 5.56 Å². The molecule has 17 heavy (non-hydrogen) atoms. The Morgan fingerprint density at radius 3 is 2.76 bits per heavy atom. The monoisotopic (exact) mass is 258 g/mol. The number of carbonyl (C=O) groups excluding carboxylic acids is 1. The zero-order valence-corrected chi connectivity index (χ0v) is 10.7. The molecular weight excluding hydrogens is 244 g/mol. The van der Waals surface area contributed by atoms with Crippen molar-refractivity contribution < 1.29 is 4.79 Å². The maximum absolute atomic E-state index is 11.8. The van der Waals surface area contributed by atoms with E-state index in [1.165, 1.54) is 11.2 Å². The van der Waals surface area contributed by atoms with E-state index in [0.29, 0.717) is 0 Å². The van der Waals surface area contributed by atoms with E-state index in [9.17, 15) is 9.59 Å². The smallest absolute Gasteiger partial charge is 0.278 e. The minimum Gasteiger partial charge on any atom is -0.392 e. The predicted octanol–water partition coefficient (Wildman–Crippen LogP) is 0.346. The molecule has 1 heterocycles. The van der Waals surface area contributed by atoms with Crippen LogP contribution in [0.1, 0.15) is 13.8 Å². The number of amides is 1. The summed E-state index contributed by atoms with van der Waals surface area (Å²) in [6, 6.07) is 0.0656. The number of aromatic nitrogens is 2. The van der Waals surface area contributed by atoms with Crippen LogP contribution in [0.25, 0.3) is 0 Å². The molecule has 1 aromatic rings. The molecule has 94 valence electrons. The lowest BCUT2D eigenvalue weighted by atomic mass is 10.3. The van der Waals surface area contributed by atoms with Gasteiger partial charge in [0.15, 0.2) is 5.15 Å². The summed E-state index contributed by atoms with van der Waals surface area (Å²) in [6.07, 6.45) is 1.22. The molecule has 0 aromatic carbocycles. The van der Waals surface area contributed by atoms with E-state index in [1.807, 2.05) is 13.8 Å². The third-order valence-electron chi connectivity index (χ3n) is 2.50. The minimum atomic E-state index is -0.504. The summed E-state index contributed by atoms with van der Waals surface area (Å²) < 4.78 is 1.14. The Hall–Kier alpha value is -1.56. The molecule has 0 radical (unpaired) electrons. The van der Waals surface area contributed by atoms with E-state index in [1.54, 1.807) is 7.05 Å². The predicted molar refractivity (Wildman–Crippen MR) is 65.8 cm³/mol. The molecule has 0 spiro atoms. The van der Waals surface area contributed by atoms with Gasteiger partial charge in [0, 0.05) is 13.1 Å². The van der Waals surface area contributed by atoms with Crippen LogP contribution in [0.15, 0.2) is 11.1 Å². The van der Waals surface area contributed by atoms with Crippen LogP contribution < -0.4 is 11.3 Å². The zero-order chi connectivity index (χ0) is 13.2. The van der Waals surface area contributed by atoms with E-state index in [-0.39, 0.29) is 29.3 Å². The highest BCUT2D eigenvalue weighted by atomic mass is 35.5. The molecule has 0 unspecified atom stereocenters. The number of halogens is 1. The average molecular weight is 259 g/mol. The number of rotatable bonds is 3. The van der Waals surface area contributed by atoms with Crippen LogP contribution in [0, 0.1) is 0 Å². The standard InChI is InChI=1S/C10H15ClN4O2/c1-6(2)14(3)7(16)4-15-5-13-9(11)8(12)10(15)17/h5-6H,4,12H2,1-3H3. The summed E-state index contributed by atoms with van der Waals surface area (Å²) in [5, 5.41) is -0.0455. The molecule has 0 aliphatic heterocycles. The maximum atomic E-state index is 11.8. The zero-order valence-electron chi connectivity index (χ0n) is 9.98. The van der Waals surface area contributed by atoms with Gasteiger partial charge in [0.2, 0.25) is 5.91 Å². The second-order valence-electron chi connectivity index (χ2n) is 3.98. The fraction of sp³-hybridized carbons (Fsp3) is 0.500. The number of hydrogen-bond acceptors (Lipinski definition) is 4. The molecule has 0 atom stereocenters. The van der Waals surface area contributed by atoms with Gasteiger partial charge in [0.05, 0.1) is 6.33 Å². The highest BCUT2D eigenvalue weighted by Crippen LogP contribution is 2.08. The van der Waals surface area contributed by atoms with Crippen LogP contribution in [0.5, 0.6) is 0 Å². The number of carbonyl (C=O) groups is 1. The SMILES string of the molecule is CC(C)N(C)C(=O)Cn1cnc(Cl)c(N)c1=O. The Morgan fingerprint density at radius 2 is 2.24 bits per heavy atom. The Bertz CT molecular complexity index is 484. The number of hydrogen-bond donors (Lipinski definition) is 1. The van der Waals surface area contributed by atoms with Gasteiger partial charge >= 0.3 is 0 Å². The van der Waals surface area contributed by atoms with Crippen LogP contribution in [0.4, 0.5) is 5.69 Å². The van der Waals surface area contributed by atoms with E-state index >= 15 is 0 Å². The van der Waals surface area contributed by atoms with Crippen molar-refractivity contribution >= 4 is 23.2 Å². The summed E-state index contributed by atoms with van der Waals surface area (Å²) in [4.78, 5) is 28.7. The lowest BCUT2D eigenvalue weighted by Crippen LogP contribution is -2.38. The van der Waals surface area contributed by atoms with Crippen molar-refractivity contribution in [1.82, 2.24) is 14.5 Å². The van der Waals surface area contributed by atoms with Gasteiger partial charge < -0.3 is 10.6 Å². The average Bonchev–Trinajstić information content (AvgIpc) is 2.28. The molecule has 1 aromatic heterocycles. The largest absolute Gasteiger partial charge is 0.392 e. The van der Waals surface area contributed by atoms with Gasteiger partial charge in [-0.05, 0) is 13.8 Å². The third-order valence-corrected chi connectivity index (χ3v) is 2.80. The number of nitrogens with two attached hydrogens (primary N) is 1. The van der Waals surface area contributed by atoms with Gasteiger partial charge in [-0.25, -0.2) is 4.98 Å². The Kier molecular flexibility index (Phi) is 4.11. The van der Waals surface area contributed by atoms with Gasteiger partial charge in [-0.2, -0.15) is 0 Å². The van der Waals surface area contributed by atoms with E-state index in [0.717, 1.165) is 4.57 Å². The second kappa shape index (κ2) is 5.18. The summed E-state index contributed by atoms with van der Waals surface area (Å²) in [7, 11) is 1.67. The molecule has 1 rings (SSSR count). The Balaban J connectivity index is 2.94. The van der Waals surface area contributed by atoms with Gasteiger partial charge in [-0.15, -0.1) is 0 Å². The first-order valence-electron chi connectivity index (χ1n) is 5.10. The van der Waals surface area contributed by atoms with Crippen LogP contribution in [-0.2, 0) is 11.3 Å². The van der Waals surface area contributed by atoms with Crippen molar-refractivity contribution in [2.75, 3.05) is 12.8 Å². The first-order valence-corrected chi connectivity index (χ1v) is 5.48. The number of nitrogen functional groups attached to an aromatic ring is 1. The summed E-state index contributed by atoms with van der Waals surface area (Å²) in [5.74, 6) is -0.189. The second-order valence-corrected chi connectivity index (χ2v) is 4.34. The molecule has 1 amide bonds. The van der Waals surface area contributed by atoms with Crippen molar-refractivity contribution in [2.24, 2.45) is 0 Å². The lowest BCUT2D eigenvalue weighted by Gasteiger charge is -2.21. The van der Waals surface area contributed by atoms with Crippen LogP contribution in [-0.4, -0.2) is 33.4 Å². The van der Waals surface area contributed by atoms with E-state index in [2.05, 4.69) is 4.98 Å². The summed E-state index contributed by atoms with van der Waals surface area (Å²) in [6.45, 7) is 3.67. The third kappa shape index (κ3) is 2.97. The van der Waals surface area contributed by atoms with Crippen molar-refractivity contribution in [3.05, 3.63) is 21.8 Å². The molecule has 0 aliphatic rings. The number of nitrogens with zero attached hydrogens (tertiary/aromatic N) is 3. The van der Waals surface area contributed by atoms with Gasteiger partial charge in [-0.1, -0.05) is 11.6 Å². The molecule has 0 saturated carbocycles. The fourth-order valence-electron chi connectivity index (χ4n) is 1.14. The lowest BCUT2D eigenvalue weighted by molar-refractivity contribution is -0.132. The van der Waals surface area contributed by atoms with Crippen molar-refractivity contribution in [3.63, 3.8) is 0 Å². The normalized spacial score (nSPS) is 10.6. The van der Waals surface area contributed by atoms with Gasteiger partial charge in [0.25, 0.3) is 5.56 Å². The van der Waals surface area contributed by atoms with Gasteiger partial charge in [-0.3, -0.25) is 14.2 Å². The van der Waals surface area contributed by atoms with Crippen molar-refractivity contribution in [2.45, 2.75) is 26.4 Å². The summed E-state index contributed by atoms with van der Waals surface area (Å²) in [5.41, 5.74) is 4.79. The van der Waals surface area contributed by atoms with Crippen molar-refractivity contribution in [1.29, 1.82) is 0 Å². The topological polar surface area (TPSA) is 81.2 Å². The molecule has 6 nitrogen and oxygen atoms in total. The molecule has 7 heteroatoms. The molecular formula is C10H15ClN4O2. The quantitative estimate of drug-likeness (QED) is 0.793. The number of likely N-dealkylation sites (N-methyl/N-ethyl adjacent to an activating group) is 1. The van der Waals surface area contributed by atoms with Crippen molar-refractivity contribution in [3.8, 4) is 0 Å². The van der Waals surface area contributed by atoms with Crippen LogP contribution >= 0.6 is 11.6 Å². The maximum Gasteiger partial charge on any atom is 0.278 e. The van der Waals surface area contributed by atoms with E-state index in [4.69, 9.17) is 17.3 Å². The minimum absolute atomic E-state index is 0.0455. The molecule has 0 aliphatic carbocycles. The number of anilines is 1. The first-order chi connectivity index (χ1) is 7.84. The summed E-state index contributed by atoms with van der Waals surface area (Å²) >= 11 is 5.59. The fourth-order valence-corrected chi connectivity index (χ4v) is 1.27. The molecule has 0 fully saturated rings.